The summed E-state index contributed by atoms with van der Waals surface area (Å²) in [7, 11) is 0. The number of hydrogen-bond donors (Lipinski definition) is 1. The number of hydrogen-bond acceptors (Lipinski definition) is 8. The molecule has 28 heavy (non-hydrogen) atoms. The molecule has 9 nitrogen and oxygen atoms in total. The molecule has 0 atom stereocenters. The Balaban J connectivity index is 1.30. The van der Waals surface area contributed by atoms with E-state index in [4.69, 9.17) is 9.72 Å². The van der Waals surface area contributed by atoms with E-state index in [0.29, 0.717) is 0 Å². The average Bonchev–Trinajstić information content (AvgIpc) is 3.15. The summed E-state index contributed by atoms with van der Waals surface area (Å²) in [6.07, 6.45) is 3.50. The van der Waals surface area contributed by atoms with Crippen LogP contribution in [0.2, 0.25) is 0 Å². The third-order valence-corrected chi connectivity index (χ3v) is 5.36. The van der Waals surface area contributed by atoms with Crippen LogP contribution in [0.1, 0.15) is 5.69 Å². The van der Waals surface area contributed by atoms with Gasteiger partial charge >= 0.3 is 0 Å². The number of rotatable bonds is 3. The van der Waals surface area contributed by atoms with Crippen molar-refractivity contribution in [3.05, 3.63) is 30.4 Å². The number of H-pyrrole nitrogens is 1. The summed E-state index contributed by atoms with van der Waals surface area (Å²) in [4.78, 5) is 28.4. The van der Waals surface area contributed by atoms with Crippen LogP contribution >= 0.6 is 0 Å². The van der Waals surface area contributed by atoms with E-state index in [9.17, 15) is 0 Å². The lowest BCUT2D eigenvalue weighted by Crippen LogP contribution is -2.47. The highest BCUT2D eigenvalue weighted by Gasteiger charge is 2.23. The summed E-state index contributed by atoms with van der Waals surface area (Å²) in [6.45, 7) is 8.77. The summed E-state index contributed by atoms with van der Waals surface area (Å²) in [5, 5.41) is 0. The number of nitrogens with one attached hydrogen (secondary N) is 1. The number of fused-ring (bicyclic) bond motifs is 1. The molecule has 2 fully saturated rings. The van der Waals surface area contributed by atoms with Gasteiger partial charge in [0.05, 0.1) is 18.7 Å². The number of nitrogens with zero attached hydrogens (tertiary/aromatic N) is 7. The number of morpholine rings is 1. The van der Waals surface area contributed by atoms with Crippen LogP contribution in [0.15, 0.2) is 24.7 Å². The van der Waals surface area contributed by atoms with Crippen LogP contribution in [0.25, 0.3) is 11.0 Å². The predicted molar refractivity (Wildman–Crippen MR) is 108 cm³/mol. The average molecular weight is 380 g/mol. The summed E-state index contributed by atoms with van der Waals surface area (Å²) < 4.78 is 5.44. The Kier molecular flexibility index (Phi) is 4.44. The first-order valence-corrected chi connectivity index (χ1v) is 9.74. The quantitative estimate of drug-likeness (QED) is 0.726. The SMILES string of the molecule is Cc1cc2ncnc(N3CCN(c4nccc(N5CCOCC5)n4)CC3)c2[nH]1. The Labute approximate surface area is 163 Å². The van der Waals surface area contributed by atoms with Gasteiger partial charge in [0.25, 0.3) is 0 Å². The van der Waals surface area contributed by atoms with Crippen LogP contribution < -0.4 is 14.7 Å². The van der Waals surface area contributed by atoms with Gasteiger partial charge in [-0.2, -0.15) is 4.98 Å². The zero-order valence-corrected chi connectivity index (χ0v) is 16.0. The third-order valence-electron chi connectivity index (χ3n) is 5.36. The Morgan fingerprint density at radius 3 is 2.54 bits per heavy atom. The van der Waals surface area contributed by atoms with Gasteiger partial charge in [-0.25, -0.2) is 15.0 Å². The molecule has 0 unspecified atom stereocenters. The molecule has 0 bridgehead atoms. The zero-order valence-electron chi connectivity index (χ0n) is 16.0. The molecule has 3 aromatic heterocycles. The Morgan fingerprint density at radius 1 is 0.929 bits per heavy atom. The molecule has 5 heterocycles. The van der Waals surface area contributed by atoms with Crippen molar-refractivity contribution in [2.45, 2.75) is 6.92 Å². The van der Waals surface area contributed by atoms with Crippen molar-refractivity contribution in [2.24, 2.45) is 0 Å². The molecule has 0 amide bonds. The first-order chi connectivity index (χ1) is 13.8. The zero-order chi connectivity index (χ0) is 18.9. The smallest absolute Gasteiger partial charge is 0.227 e. The van der Waals surface area contributed by atoms with Gasteiger partial charge in [-0.15, -0.1) is 0 Å². The van der Waals surface area contributed by atoms with Crippen LogP contribution in [-0.4, -0.2) is 77.4 Å². The van der Waals surface area contributed by atoms with Crippen LogP contribution in [0.3, 0.4) is 0 Å². The largest absolute Gasteiger partial charge is 0.378 e. The lowest BCUT2D eigenvalue weighted by Gasteiger charge is -2.36. The van der Waals surface area contributed by atoms with E-state index in [2.05, 4.69) is 40.7 Å². The molecule has 3 aromatic rings. The van der Waals surface area contributed by atoms with Gasteiger partial charge in [0.1, 0.15) is 17.7 Å². The molecule has 2 aliphatic heterocycles. The minimum absolute atomic E-state index is 0.754. The van der Waals surface area contributed by atoms with E-state index >= 15 is 0 Å². The van der Waals surface area contributed by atoms with Gasteiger partial charge in [0, 0.05) is 51.2 Å². The molecule has 2 saturated heterocycles. The van der Waals surface area contributed by atoms with E-state index in [1.165, 1.54) is 0 Å². The molecule has 1 N–H and O–H groups in total. The molecule has 2 aliphatic rings. The Hall–Kier alpha value is -2.94. The Morgan fingerprint density at radius 2 is 1.71 bits per heavy atom. The fourth-order valence-electron chi connectivity index (χ4n) is 3.88. The minimum Gasteiger partial charge on any atom is -0.378 e. The second kappa shape index (κ2) is 7.23. The fourth-order valence-corrected chi connectivity index (χ4v) is 3.88. The number of anilines is 3. The second-order valence-corrected chi connectivity index (χ2v) is 7.20. The number of piperazine rings is 1. The molecule has 146 valence electrons. The van der Waals surface area contributed by atoms with Gasteiger partial charge in [-0.1, -0.05) is 0 Å². The molecular weight excluding hydrogens is 356 g/mol. The molecular formula is C19H24N8O. The van der Waals surface area contributed by atoms with Crippen LogP contribution in [0, 0.1) is 6.92 Å². The van der Waals surface area contributed by atoms with Crippen molar-refractivity contribution in [1.29, 1.82) is 0 Å². The van der Waals surface area contributed by atoms with Crippen molar-refractivity contribution in [1.82, 2.24) is 24.9 Å². The summed E-state index contributed by atoms with van der Waals surface area (Å²) >= 11 is 0. The molecule has 0 aliphatic carbocycles. The number of aryl methyl sites for hydroxylation is 1. The van der Waals surface area contributed by atoms with Crippen molar-refractivity contribution >= 4 is 28.6 Å². The van der Waals surface area contributed by atoms with Crippen LogP contribution in [0.4, 0.5) is 17.6 Å². The highest BCUT2D eigenvalue weighted by atomic mass is 16.5. The molecule has 0 radical (unpaired) electrons. The van der Waals surface area contributed by atoms with Gasteiger partial charge in [-0.05, 0) is 19.1 Å². The van der Waals surface area contributed by atoms with Crippen molar-refractivity contribution in [3.63, 3.8) is 0 Å². The van der Waals surface area contributed by atoms with Crippen LogP contribution in [0.5, 0.6) is 0 Å². The first kappa shape index (κ1) is 17.2. The molecule has 0 spiro atoms. The number of ether oxygens (including phenoxy) is 1. The molecule has 9 heteroatoms. The van der Waals surface area contributed by atoms with E-state index in [1.807, 2.05) is 19.2 Å². The highest BCUT2D eigenvalue weighted by molar-refractivity contribution is 5.86. The molecule has 0 aromatic carbocycles. The van der Waals surface area contributed by atoms with Gasteiger partial charge < -0.3 is 24.4 Å². The molecule has 0 saturated carbocycles. The first-order valence-electron chi connectivity index (χ1n) is 9.74. The standard InChI is InChI=1S/C19H24N8O/c1-14-12-15-17(23-14)18(22-13-21-15)26-4-6-27(7-5-26)19-20-3-2-16(24-19)25-8-10-28-11-9-25/h2-3,12-13,23H,4-11H2,1H3. The third kappa shape index (κ3) is 3.22. The van der Waals surface area contributed by atoms with E-state index < -0.39 is 0 Å². The van der Waals surface area contributed by atoms with Gasteiger partial charge in [0.15, 0.2) is 5.82 Å². The van der Waals surface area contributed by atoms with E-state index in [0.717, 1.165) is 86.8 Å². The molecule has 5 rings (SSSR count). The number of aromatic nitrogens is 5. The second-order valence-electron chi connectivity index (χ2n) is 7.20. The van der Waals surface area contributed by atoms with Gasteiger partial charge in [-0.3, -0.25) is 0 Å². The lowest BCUT2D eigenvalue weighted by molar-refractivity contribution is 0.122. The van der Waals surface area contributed by atoms with Gasteiger partial charge in [0.2, 0.25) is 5.95 Å². The van der Waals surface area contributed by atoms with E-state index in [-0.39, 0.29) is 0 Å². The van der Waals surface area contributed by atoms with E-state index in [1.54, 1.807) is 6.33 Å². The topological polar surface area (TPSA) is 86.3 Å². The summed E-state index contributed by atoms with van der Waals surface area (Å²) in [6, 6.07) is 4.04. The maximum atomic E-state index is 5.44. The number of aromatic amines is 1. The Bertz CT molecular complexity index is 959. The predicted octanol–water partition coefficient (Wildman–Crippen LogP) is 1.22. The maximum absolute atomic E-state index is 5.44. The minimum atomic E-state index is 0.754. The maximum Gasteiger partial charge on any atom is 0.227 e. The fraction of sp³-hybridized carbons (Fsp3) is 0.474. The highest BCUT2D eigenvalue weighted by Crippen LogP contribution is 2.25. The normalized spacial score (nSPS) is 18.1. The summed E-state index contributed by atoms with van der Waals surface area (Å²) in [5.74, 6) is 2.75. The van der Waals surface area contributed by atoms with Crippen molar-refractivity contribution in [3.8, 4) is 0 Å². The van der Waals surface area contributed by atoms with Crippen molar-refractivity contribution < 1.29 is 4.74 Å². The lowest BCUT2D eigenvalue weighted by atomic mass is 10.3. The van der Waals surface area contributed by atoms with Crippen LogP contribution in [-0.2, 0) is 4.74 Å². The summed E-state index contributed by atoms with van der Waals surface area (Å²) in [5.41, 5.74) is 3.08. The van der Waals surface area contributed by atoms with Crippen molar-refractivity contribution in [2.75, 3.05) is 67.2 Å². The monoisotopic (exact) mass is 380 g/mol.